The van der Waals surface area contributed by atoms with Crippen molar-refractivity contribution in [2.75, 3.05) is 19.7 Å². The van der Waals surface area contributed by atoms with E-state index in [0.717, 1.165) is 18.4 Å². The average Bonchev–Trinajstić information content (AvgIpc) is 2.86. The van der Waals surface area contributed by atoms with Gasteiger partial charge in [-0.15, -0.1) is 0 Å². The Morgan fingerprint density at radius 3 is 2.67 bits per heavy atom. The smallest absolute Gasteiger partial charge is 0.126 e. The average molecular weight is 289 g/mol. The zero-order valence-corrected chi connectivity index (χ0v) is 11.6. The second kappa shape index (κ2) is 6.22. The molecule has 0 bridgehead atoms. The minimum atomic E-state index is -0.525. The number of hydrogen-bond acceptors (Lipinski definition) is 2. The van der Waals surface area contributed by atoms with Crippen LogP contribution in [-0.4, -0.2) is 19.7 Å². The molecule has 1 aliphatic rings. The summed E-state index contributed by atoms with van der Waals surface area (Å²) >= 11 is 0. The summed E-state index contributed by atoms with van der Waals surface area (Å²) in [5.74, 6) is 0.244. The Morgan fingerprint density at radius 2 is 1.86 bits per heavy atom. The molecule has 2 aromatic rings. The van der Waals surface area contributed by atoms with Crippen molar-refractivity contribution in [2.24, 2.45) is 0 Å². The van der Waals surface area contributed by atoms with Crippen LogP contribution < -0.4 is 10.1 Å². The summed E-state index contributed by atoms with van der Waals surface area (Å²) in [6, 6.07) is 11.7. The van der Waals surface area contributed by atoms with E-state index < -0.39 is 11.6 Å². The second-order valence-electron chi connectivity index (χ2n) is 5.28. The van der Waals surface area contributed by atoms with Gasteiger partial charge in [-0.25, -0.2) is 8.78 Å². The topological polar surface area (TPSA) is 21.3 Å². The molecule has 0 amide bonds. The largest absolute Gasteiger partial charge is 0.493 e. The molecule has 0 aromatic heterocycles. The minimum Gasteiger partial charge on any atom is -0.493 e. The molecule has 2 aromatic carbocycles. The molecule has 3 rings (SSSR count). The van der Waals surface area contributed by atoms with Gasteiger partial charge in [-0.1, -0.05) is 18.2 Å². The molecule has 1 N–H and O–H groups in total. The monoisotopic (exact) mass is 289 g/mol. The molecule has 1 unspecified atom stereocenters. The summed E-state index contributed by atoms with van der Waals surface area (Å²) in [5, 5.41) is 3.33. The molecule has 110 valence electrons. The molecule has 2 nitrogen and oxygen atoms in total. The molecule has 0 saturated carbocycles. The van der Waals surface area contributed by atoms with Gasteiger partial charge < -0.3 is 10.1 Å². The molecular weight excluding hydrogens is 272 g/mol. The van der Waals surface area contributed by atoms with Crippen LogP contribution in [0.2, 0.25) is 0 Å². The maximum absolute atomic E-state index is 13.1. The molecule has 0 spiro atoms. The summed E-state index contributed by atoms with van der Waals surface area (Å²) < 4.78 is 31.8. The van der Waals surface area contributed by atoms with Crippen molar-refractivity contribution in [1.82, 2.24) is 5.32 Å². The van der Waals surface area contributed by atoms with Crippen molar-refractivity contribution in [2.45, 2.75) is 12.3 Å². The van der Waals surface area contributed by atoms with E-state index in [1.165, 1.54) is 17.7 Å². The number of rotatable bonds is 5. The Hall–Kier alpha value is -1.94. The number of nitrogens with one attached hydrogen (secondary N) is 1. The number of fused-ring (bicyclic) bond motifs is 1. The van der Waals surface area contributed by atoms with Gasteiger partial charge in [0.05, 0.1) is 6.61 Å². The van der Waals surface area contributed by atoms with E-state index in [1.54, 1.807) is 0 Å². The van der Waals surface area contributed by atoms with Gasteiger partial charge in [-0.05, 0) is 36.7 Å². The van der Waals surface area contributed by atoms with Crippen LogP contribution >= 0.6 is 0 Å². The molecular formula is C17H17F2NO. The van der Waals surface area contributed by atoms with E-state index in [9.17, 15) is 8.78 Å². The Morgan fingerprint density at radius 1 is 1.10 bits per heavy atom. The lowest BCUT2D eigenvalue weighted by molar-refractivity contribution is 0.327. The maximum atomic E-state index is 13.1. The van der Waals surface area contributed by atoms with Crippen LogP contribution in [-0.2, 0) is 6.42 Å². The lowest BCUT2D eigenvalue weighted by Gasteiger charge is -2.10. The molecule has 0 radical (unpaired) electrons. The highest BCUT2D eigenvalue weighted by atomic mass is 19.1. The van der Waals surface area contributed by atoms with Crippen molar-refractivity contribution < 1.29 is 13.5 Å². The van der Waals surface area contributed by atoms with Crippen molar-refractivity contribution >= 4 is 0 Å². The molecule has 0 saturated heterocycles. The van der Waals surface area contributed by atoms with Crippen molar-refractivity contribution in [1.29, 1.82) is 0 Å². The van der Waals surface area contributed by atoms with Crippen LogP contribution in [0, 0.1) is 11.6 Å². The highest BCUT2D eigenvalue weighted by Crippen LogP contribution is 2.32. The van der Waals surface area contributed by atoms with E-state index >= 15 is 0 Å². The van der Waals surface area contributed by atoms with E-state index in [2.05, 4.69) is 11.4 Å². The standard InChI is InChI=1S/C17H17F2NO/c18-14-7-12(8-15(19)9-14)5-6-20-10-13-11-21-17-4-2-1-3-16(13)17/h1-4,7-9,13,20H,5-6,10-11H2. The first-order chi connectivity index (χ1) is 10.2. The van der Waals surface area contributed by atoms with E-state index in [4.69, 9.17) is 4.74 Å². The molecule has 21 heavy (non-hydrogen) atoms. The molecule has 1 atom stereocenters. The first-order valence-electron chi connectivity index (χ1n) is 7.10. The quantitative estimate of drug-likeness (QED) is 0.853. The van der Waals surface area contributed by atoms with E-state index in [0.29, 0.717) is 31.1 Å². The normalized spacial score (nSPS) is 16.6. The third-order valence-corrected chi connectivity index (χ3v) is 3.70. The predicted octanol–water partition coefficient (Wildman–Crippen LogP) is 3.27. The van der Waals surface area contributed by atoms with Gasteiger partial charge >= 0.3 is 0 Å². The number of ether oxygens (including phenoxy) is 1. The summed E-state index contributed by atoms with van der Waals surface area (Å²) in [6.07, 6.45) is 0.601. The van der Waals surface area contributed by atoms with E-state index in [1.807, 2.05) is 18.2 Å². The highest BCUT2D eigenvalue weighted by molar-refractivity contribution is 5.39. The highest BCUT2D eigenvalue weighted by Gasteiger charge is 2.22. The fourth-order valence-corrected chi connectivity index (χ4v) is 2.66. The minimum absolute atomic E-state index is 0.338. The number of hydrogen-bond donors (Lipinski definition) is 1. The van der Waals surface area contributed by atoms with Gasteiger partial charge in [0.1, 0.15) is 17.4 Å². The number of para-hydroxylation sites is 1. The Labute approximate surface area is 122 Å². The first-order valence-corrected chi connectivity index (χ1v) is 7.10. The Kier molecular flexibility index (Phi) is 4.15. The van der Waals surface area contributed by atoms with Crippen LogP contribution in [0.25, 0.3) is 0 Å². The fraction of sp³-hybridized carbons (Fsp3) is 0.294. The molecule has 1 aliphatic heterocycles. The lowest BCUT2D eigenvalue weighted by atomic mass is 10.0. The summed E-state index contributed by atoms with van der Waals surface area (Å²) in [7, 11) is 0. The molecule has 0 aliphatic carbocycles. The maximum Gasteiger partial charge on any atom is 0.126 e. The SMILES string of the molecule is Fc1cc(F)cc(CCNCC2COc3ccccc32)c1. The molecule has 4 heteroatoms. The van der Waals surface area contributed by atoms with E-state index in [-0.39, 0.29) is 0 Å². The number of benzene rings is 2. The fourth-order valence-electron chi connectivity index (χ4n) is 2.66. The molecule has 1 heterocycles. The van der Waals surface area contributed by atoms with Crippen LogP contribution in [0.3, 0.4) is 0 Å². The number of halogens is 2. The third-order valence-electron chi connectivity index (χ3n) is 3.70. The van der Waals surface area contributed by atoms with Crippen LogP contribution in [0.1, 0.15) is 17.0 Å². The van der Waals surface area contributed by atoms with Gasteiger partial charge in [0.25, 0.3) is 0 Å². The third kappa shape index (κ3) is 3.39. The van der Waals surface area contributed by atoms with Crippen molar-refractivity contribution in [3.63, 3.8) is 0 Å². The van der Waals surface area contributed by atoms with Gasteiger partial charge in [0.2, 0.25) is 0 Å². The summed E-state index contributed by atoms with van der Waals surface area (Å²) in [6.45, 7) is 2.16. The van der Waals surface area contributed by atoms with Crippen molar-refractivity contribution in [3.8, 4) is 5.75 Å². The predicted molar refractivity (Wildman–Crippen MR) is 77.6 cm³/mol. The van der Waals surface area contributed by atoms with Gasteiger partial charge in [-0.2, -0.15) is 0 Å². The van der Waals surface area contributed by atoms with Gasteiger partial charge in [0, 0.05) is 24.1 Å². The lowest BCUT2D eigenvalue weighted by Crippen LogP contribution is -2.24. The van der Waals surface area contributed by atoms with Crippen LogP contribution in [0.15, 0.2) is 42.5 Å². The van der Waals surface area contributed by atoms with Gasteiger partial charge in [0.15, 0.2) is 0 Å². The van der Waals surface area contributed by atoms with Crippen molar-refractivity contribution in [3.05, 3.63) is 65.2 Å². The zero-order chi connectivity index (χ0) is 14.7. The first kappa shape index (κ1) is 14.0. The second-order valence-corrected chi connectivity index (χ2v) is 5.28. The summed E-state index contributed by atoms with van der Waals surface area (Å²) in [5.41, 5.74) is 1.89. The van der Waals surface area contributed by atoms with Crippen LogP contribution in [0.4, 0.5) is 8.78 Å². The van der Waals surface area contributed by atoms with Gasteiger partial charge in [-0.3, -0.25) is 0 Å². The zero-order valence-electron chi connectivity index (χ0n) is 11.6. The Bertz CT molecular complexity index is 610. The molecule has 0 fully saturated rings. The summed E-state index contributed by atoms with van der Waals surface area (Å²) in [4.78, 5) is 0. The Balaban J connectivity index is 1.49. The van der Waals surface area contributed by atoms with Crippen LogP contribution in [0.5, 0.6) is 5.75 Å².